The van der Waals surface area contributed by atoms with Gasteiger partial charge in [0.15, 0.2) is 0 Å². The van der Waals surface area contributed by atoms with Gasteiger partial charge in [0.1, 0.15) is 11.9 Å². The fourth-order valence-electron chi connectivity index (χ4n) is 3.43. The minimum atomic E-state index is -0.947. The van der Waals surface area contributed by atoms with Crippen LogP contribution in [0.15, 0.2) is 12.1 Å². The molecule has 0 radical (unpaired) electrons. The average molecular weight is 379 g/mol. The summed E-state index contributed by atoms with van der Waals surface area (Å²) in [6, 6.07) is 3.58. The third-order valence-corrected chi connectivity index (χ3v) is 5.21. The molecule has 2 rings (SSSR count). The topological polar surface area (TPSA) is 110 Å². The van der Waals surface area contributed by atoms with E-state index in [0.29, 0.717) is 18.9 Å². The van der Waals surface area contributed by atoms with Crippen LogP contribution in [0.5, 0.6) is 0 Å². The molecule has 1 unspecified atom stereocenters. The van der Waals surface area contributed by atoms with Gasteiger partial charge in [-0.1, -0.05) is 6.07 Å². The van der Waals surface area contributed by atoms with E-state index in [9.17, 15) is 4.79 Å². The summed E-state index contributed by atoms with van der Waals surface area (Å²) in [5.41, 5.74) is 7.94. The highest BCUT2D eigenvalue weighted by molar-refractivity contribution is 5.72. The fraction of sp³-hybridized carbons (Fsp3) is 0.700. The maximum absolute atomic E-state index is 10.7. The van der Waals surface area contributed by atoms with Crippen molar-refractivity contribution in [3.05, 3.63) is 23.4 Å². The number of aryl methyl sites for hydroxylation is 1. The first-order chi connectivity index (χ1) is 13.0. The van der Waals surface area contributed by atoms with E-state index in [2.05, 4.69) is 29.7 Å². The molecule has 0 aliphatic carbocycles. The van der Waals surface area contributed by atoms with Crippen molar-refractivity contribution in [1.82, 2.24) is 10.3 Å². The predicted octanol–water partition coefficient (Wildman–Crippen LogP) is 2.12. The predicted molar refractivity (Wildman–Crippen MR) is 107 cm³/mol. The van der Waals surface area contributed by atoms with Gasteiger partial charge < -0.3 is 26.2 Å². The standard InChI is InChI=1S/C20H34N4O3/c1-14(27-2)13-16(6-3-10-22-12-9-17(21)20(25)26)18-8-7-15-5-4-11-23-19(15)24-18/h7-8,14,16-17,22H,3-6,9-13,21H2,1-2H3,(H,23,24)(H,25,26)/t14?,16-,17+/m1/s1. The summed E-state index contributed by atoms with van der Waals surface area (Å²) in [6.45, 7) is 4.54. The average Bonchev–Trinajstić information content (AvgIpc) is 2.68. The molecule has 0 bridgehead atoms. The molecular weight excluding hydrogens is 344 g/mol. The SMILES string of the molecule is COC(C)C[C@@H](CCCNCC[C@H](N)C(=O)O)c1ccc2c(n1)NCCC2. The molecule has 0 saturated carbocycles. The van der Waals surface area contributed by atoms with Crippen molar-refractivity contribution in [1.29, 1.82) is 0 Å². The quantitative estimate of drug-likeness (QED) is 0.412. The number of ether oxygens (including phenoxy) is 1. The Morgan fingerprint density at radius 2 is 2.22 bits per heavy atom. The van der Waals surface area contributed by atoms with Crippen molar-refractivity contribution >= 4 is 11.8 Å². The van der Waals surface area contributed by atoms with Crippen LogP contribution in [0.1, 0.15) is 56.2 Å². The molecule has 3 atom stereocenters. The first-order valence-electron chi connectivity index (χ1n) is 9.96. The van der Waals surface area contributed by atoms with Gasteiger partial charge in [0, 0.05) is 25.3 Å². The van der Waals surface area contributed by atoms with Gasteiger partial charge in [-0.3, -0.25) is 4.79 Å². The van der Waals surface area contributed by atoms with Gasteiger partial charge in [-0.05, 0) is 70.2 Å². The second-order valence-corrected chi connectivity index (χ2v) is 7.38. The molecular formula is C20H34N4O3. The minimum Gasteiger partial charge on any atom is -0.480 e. The van der Waals surface area contributed by atoms with Crippen LogP contribution in [-0.2, 0) is 16.0 Å². The molecule has 0 amide bonds. The van der Waals surface area contributed by atoms with Crippen LogP contribution < -0.4 is 16.4 Å². The molecule has 1 aromatic heterocycles. The van der Waals surface area contributed by atoms with E-state index < -0.39 is 12.0 Å². The molecule has 1 aliphatic heterocycles. The number of anilines is 1. The van der Waals surface area contributed by atoms with E-state index in [1.807, 2.05) is 0 Å². The zero-order valence-corrected chi connectivity index (χ0v) is 16.5. The van der Waals surface area contributed by atoms with Crippen LogP contribution in [0, 0.1) is 0 Å². The van der Waals surface area contributed by atoms with Crippen molar-refractivity contribution in [2.75, 3.05) is 32.1 Å². The Kier molecular flexibility index (Phi) is 8.97. The summed E-state index contributed by atoms with van der Waals surface area (Å²) < 4.78 is 5.48. The van der Waals surface area contributed by atoms with Crippen LogP contribution >= 0.6 is 0 Å². The van der Waals surface area contributed by atoms with E-state index in [1.165, 1.54) is 5.56 Å². The summed E-state index contributed by atoms with van der Waals surface area (Å²) in [4.78, 5) is 15.6. The van der Waals surface area contributed by atoms with Crippen LogP contribution in [0.4, 0.5) is 5.82 Å². The maximum atomic E-state index is 10.7. The highest BCUT2D eigenvalue weighted by Gasteiger charge is 2.19. The van der Waals surface area contributed by atoms with Crippen LogP contribution in [0.25, 0.3) is 0 Å². The van der Waals surface area contributed by atoms with Crippen molar-refractivity contribution in [2.24, 2.45) is 5.73 Å². The lowest BCUT2D eigenvalue weighted by molar-refractivity contribution is -0.138. The third kappa shape index (κ3) is 7.08. The summed E-state index contributed by atoms with van der Waals surface area (Å²) in [7, 11) is 1.75. The van der Waals surface area contributed by atoms with Crippen molar-refractivity contribution in [2.45, 2.75) is 63.5 Å². The van der Waals surface area contributed by atoms with Gasteiger partial charge in [-0.25, -0.2) is 4.98 Å². The van der Waals surface area contributed by atoms with E-state index in [1.54, 1.807) is 7.11 Å². The lowest BCUT2D eigenvalue weighted by Gasteiger charge is -2.23. The van der Waals surface area contributed by atoms with E-state index in [0.717, 1.165) is 56.7 Å². The summed E-state index contributed by atoms with van der Waals surface area (Å²) in [5, 5.41) is 15.5. The zero-order valence-electron chi connectivity index (χ0n) is 16.5. The van der Waals surface area contributed by atoms with Crippen LogP contribution in [0.3, 0.4) is 0 Å². The molecule has 0 spiro atoms. The number of hydrogen-bond acceptors (Lipinski definition) is 6. The monoisotopic (exact) mass is 378 g/mol. The molecule has 0 fully saturated rings. The number of carboxylic acids is 1. The van der Waals surface area contributed by atoms with Gasteiger partial charge in [0.05, 0.1) is 6.10 Å². The molecule has 27 heavy (non-hydrogen) atoms. The Hall–Kier alpha value is -1.70. The van der Waals surface area contributed by atoms with Crippen molar-refractivity contribution < 1.29 is 14.6 Å². The number of hydrogen-bond donors (Lipinski definition) is 4. The number of aromatic nitrogens is 1. The van der Waals surface area contributed by atoms with E-state index in [-0.39, 0.29) is 6.10 Å². The molecule has 7 nitrogen and oxygen atoms in total. The smallest absolute Gasteiger partial charge is 0.320 e. The molecule has 0 saturated heterocycles. The highest BCUT2D eigenvalue weighted by atomic mass is 16.5. The highest BCUT2D eigenvalue weighted by Crippen LogP contribution is 2.29. The first-order valence-corrected chi connectivity index (χ1v) is 9.96. The van der Waals surface area contributed by atoms with E-state index >= 15 is 0 Å². The lowest BCUT2D eigenvalue weighted by atomic mass is 9.92. The second-order valence-electron chi connectivity index (χ2n) is 7.38. The molecule has 152 valence electrons. The summed E-state index contributed by atoms with van der Waals surface area (Å²) in [5.74, 6) is 0.434. The number of fused-ring (bicyclic) bond motifs is 1. The first kappa shape index (κ1) is 21.6. The number of methoxy groups -OCH3 is 1. The molecule has 5 N–H and O–H groups in total. The molecule has 1 aromatic rings. The number of rotatable bonds is 12. The number of nitrogens with one attached hydrogen (secondary N) is 2. The summed E-state index contributed by atoms with van der Waals surface area (Å²) in [6.07, 6.45) is 5.82. The molecule has 2 heterocycles. The number of aliphatic carboxylic acids is 1. The molecule has 0 aromatic carbocycles. The van der Waals surface area contributed by atoms with Gasteiger partial charge in [0.2, 0.25) is 0 Å². The number of nitrogens with zero attached hydrogens (tertiary/aromatic N) is 1. The van der Waals surface area contributed by atoms with Gasteiger partial charge >= 0.3 is 5.97 Å². The number of carbonyl (C=O) groups is 1. The van der Waals surface area contributed by atoms with Crippen LogP contribution in [0.2, 0.25) is 0 Å². The normalized spacial score (nSPS) is 16.9. The van der Waals surface area contributed by atoms with Gasteiger partial charge in [0.25, 0.3) is 0 Å². The lowest BCUT2D eigenvalue weighted by Crippen LogP contribution is -2.33. The van der Waals surface area contributed by atoms with Crippen molar-refractivity contribution in [3.8, 4) is 0 Å². The largest absolute Gasteiger partial charge is 0.480 e. The second kappa shape index (κ2) is 11.2. The summed E-state index contributed by atoms with van der Waals surface area (Å²) >= 11 is 0. The number of nitrogens with two attached hydrogens (primary N) is 1. The Balaban J connectivity index is 1.86. The maximum Gasteiger partial charge on any atom is 0.320 e. The number of carboxylic acid groups (broad SMARTS) is 1. The Morgan fingerprint density at radius 1 is 1.41 bits per heavy atom. The number of pyridine rings is 1. The Bertz CT molecular complexity index is 597. The third-order valence-electron chi connectivity index (χ3n) is 5.21. The fourth-order valence-corrected chi connectivity index (χ4v) is 3.43. The molecule has 1 aliphatic rings. The van der Waals surface area contributed by atoms with E-state index in [4.69, 9.17) is 20.6 Å². The van der Waals surface area contributed by atoms with Crippen molar-refractivity contribution in [3.63, 3.8) is 0 Å². The van der Waals surface area contributed by atoms with Crippen LogP contribution in [-0.4, -0.2) is 54.9 Å². The van der Waals surface area contributed by atoms with Gasteiger partial charge in [-0.15, -0.1) is 0 Å². The Labute approximate surface area is 162 Å². The zero-order chi connectivity index (χ0) is 19.6. The molecule has 7 heteroatoms. The van der Waals surface area contributed by atoms with Gasteiger partial charge in [-0.2, -0.15) is 0 Å². The Morgan fingerprint density at radius 3 is 2.96 bits per heavy atom. The minimum absolute atomic E-state index is 0.183.